The summed E-state index contributed by atoms with van der Waals surface area (Å²) in [6, 6.07) is 7.20. The Labute approximate surface area is 121 Å². The topological polar surface area (TPSA) is 32.5 Å². The molecular weight excluding hydrogens is 253 g/mol. The summed E-state index contributed by atoms with van der Waals surface area (Å²) in [7, 11) is 4.37. The molecule has 0 saturated carbocycles. The Bertz CT molecular complexity index is 399. The van der Waals surface area contributed by atoms with Gasteiger partial charge in [-0.2, -0.15) is 0 Å². The Hall–Kier alpha value is -0.970. The lowest BCUT2D eigenvalue weighted by Gasteiger charge is -2.35. The van der Waals surface area contributed by atoms with Crippen LogP contribution in [0.3, 0.4) is 0 Å². The molecule has 2 N–H and O–H groups in total. The Kier molecular flexibility index (Phi) is 5.52. The van der Waals surface area contributed by atoms with E-state index in [-0.39, 0.29) is 11.9 Å². The first-order valence-corrected chi connectivity index (χ1v) is 7.46. The van der Waals surface area contributed by atoms with Gasteiger partial charge in [0.2, 0.25) is 0 Å². The van der Waals surface area contributed by atoms with Crippen molar-refractivity contribution in [3.63, 3.8) is 0 Å². The molecule has 0 spiro atoms. The van der Waals surface area contributed by atoms with Crippen LogP contribution in [0.15, 0.2) is 24.3 Å². The molecule has 3 nitrogen and oxygen atoms in total. The largest absolute Gasteiger partial charge is 0.324 e. The van der Waals surface area contributed by atoms with Gasteiger partial charge < -0.3 is 15.5 Å². The lowest BCUT2D eigenvalue weighted by molar-refractivity contribution is 0.141. The van der Waals surface area contributed by atoms with E-state index in [4.69, 9.17) is 5.73 Å². The van der Waals surface area contributed by atoms with Crippen molar-refractivity contribution in [1.29, 1.82) is 0 Å². The van der Waals surface area contributed by atoms with E-state index in [1.54, 1.807) is 12.1 Å². The van der Waals surface area contributed by atoms with E-state index < -0.39 is 0 Å². The van der Waals surface area contributed by atoms with Gasteiger partial charge in [-0.15, -0.1) is 0 Å². The first-order valence-electron chi connectivity index (χ1n) is 7.46. The van der Waals surface area contributed by atoms with E-state index in [1.165, 1.54) is 38.1 Å². The molecular formula is C16H26FN3. The molecule has 1 fully saturated rings. The van der Waals surface area contributed by atoms with Crippen LogP contribution in [0.2, 0.25) is 0 Å². The summed E-state index contributed by atoms with van der Waals surface area (Å²) < 4.78 is 12.9. The van der Waals surface area contributed by atoms with Crippen LogP contribution in [0, 0.1) is 5.82 Å². The minimum absolute atomic E-state index is 0.00989. The molecule has 0 aromatic heterocycles. The fourth-order valence-corrected chi connectivity index (χ4v) is 2.84. The average Bonchev–Trinajstić information content (AvgIpc) is 2.46. The summed E-state index contributed by atoms with van der Waals surface area (Å²) >= 11 is 0. The van der Waals surface area contributed by atoms with Crippen molar-refractivity contribution < 1.29 is 4.39 Å². The molecule has 1 aromatic carbocycles. The minimum Gasteiger partial charge on any atom is -0.324 e. The van der Waals surface area contributed by atoms with E-state index in [0.29, 0.717) is 6.04 Å². The van der Waals surface area contributed by atoms with E-state index in [0.717, 1.165) is 18.5 Å². The highest BCUT2D eigenvalue weighted by Gasteiger charge is 2.20. The highest BCUT2D eigenvalue weighted by atomic mass is 19.1. The SMILES string of the molecule is CN1CCC(N(C)CCC(N)c2ccc(F)cc2)CC1. The fraction of sp³-hybridized carbons (Fsp3) is 0.625. The Morgan fingerprint density at radius 3 is 2.50 bits per heavy atom. The second-order valence-corrected chi connectivity index (χ2v) is 5.96. The van der Waals surface area contributed by atoms with Gasteiger partial charge in [-0.05, 0) is 70.7 Å². The number of hydrogen-bond acceptors (Lipinski definition) is 3. The van der Waals surface area contributed by atoms with Crippen LogP contribution >= 0.6 is 0 Å². The Morgan fingerprint density at radius 1 is 1.30 bits per heavy atom. The van der Waals surface area contributed by atoms with Crippen molar-refractivity contribution in [2.75, 3.05) is 33.7 Å². The van der Waals surface area contributed by atoms with E-state index in [9.17, 15) is 4.39 Å². The lowest BCUT2D eigenvalue weighted by atomic mass is 10.0. The highest BCUT2D eigenvalue weighted by molar-refractivity contribution is 5.19. The van der Waals surface area contributed by atoms with Gasteiger partial charge in [0.25, 0.3) is 0 Å². The normalized spacial score (nSPS) is 19.4. The predicted octanol–water partition coefficient (Wildman–Crippen LogP) is 2.24. The molecule has 112 valence electrons. The number of nitrogens with two attached hydrogens (primary N) is 1. The molecule has 1 aliphatic heterocycles. The molecule has 0 aliphatic carbocycles. The van der Waals surface area contributed by atoms with Crippen LogP contribution < -0.4 is 5.73 Å². The smallest absolute Gasteiger partial charge is 0.123 e. The van der Waals surface area contributed by atoms with Gasteiger partial charge in [0, 0.05) is 12.1 Å². The van der Waals surface area contributed by atoms with Gasteiger partial charge in [-0.3, -0.25) is 0 Å². The van der Waals surface area contributed by atoms with Crippen molar-refractivity contribution in [3.05, 3.63) is 35.6 Å². The molecule has 1 atom stereocenters. The molecule has 1 aromatic rings. The van der Waals surface area contributed by atoms with Crippen LogP contribution in [0.4, 0.5) is 4.39 Å². The molecule has 0 amide bonds. The van der Waals surface area contributed by atoms with Gasteiger partial charge in [0.1, 0.15) is 5.82 Å². The highest BCUT2D eigenvalue weighted by Crippen LogP contribution is 2.18. The quantitative estimate of drug-likeness (QED) is 0.897. The Morgan fingerprint density at radius 2 is 1.90 bits per heavy atom. The lowest BCUT2D eigenvalue weighted by Crippen LogP contribution is -2.42. The van der Waals surface area contributed by atoms with Gasteiger partial charge in [0.15, 0.2) is 0 Å². The average molecular weight is 279 g/mol. The third-order valence-corrected chi connectivity index (χ3v) is 4.40. The van der Waals surface area contributed by atoms with Crippen LogP contribution in [0.5, 0.6) is 0 Å². The summed E-state index contributed by atoms with van der Waals surface area (Å²) in [4.78, 5) is 4.81. The number of nitrogens with zero attached hydrogens (tertiary/aromatic N) is 2. The molecule has 4 heteroatoms. The molecule has 1 aliphatic rings. The maximum absolute atomic E-state index is 12.9. The molecule has 20 heavy (non-hydrogen) atoms. The number of halogens is 1. The number of piperidine rings is 1. The molecule has 2 rings (SSSR count). The van der Waals surface area contributed by atoms with E-state index in [2.05, 4.69) is 23.9 Å². The summed E-state index contributed by atoms with van der Waals surface area (Å²) in [6.07, 6.45) is 3.38. The number of hydrogen-bond donors (Lipinski definition) is 1. The van der Waals surface area contributed by atoms with Crippen molar-refractivity contribution in [1.82, 2.24) is 9.80 Å². The van der Waals surface area contributed by atoms with Gasteiger partial charge in [0.05, 0.1) is 0 Å². The number of rotatable bonds is 5. The van der Waals surface area contributed by atoms with E-state index in [1.807, 2.05) is 0 Å². The van der Waals surface area contributed by atoms with Gasteiger partial charge >= 0.3 is 0 Å². The zero-order valence-electron chi connectivity index (χ0n) is 12.6. The summed E-state index contributed by atoms with van der Waals surface area (Å²) in [5.74, 6) is -0.204. The molecule has 1 heterocycles. The second-order valence-electron chi connectivity index (χ2n) is 5.96. The minimum atomic E-state index is -0.204. The molecule has 1 unspecified atom stereocenters. The second kappa shape index (κ2) is 7.16. The monoisotopic (exact) mass is 279 g/mol. The first kappa shape index (κ1) is 15.4. The molecule has 0 bridgehead atoms. The maximum Gasteiger partial charge on any atom is 0.123 e. The zero-order valence-corrected chi connectivity index (χ0v) is 12.6. The van der Waals surface area contributed by atoms with E-state index >= 15 is 0 Å². The van der Waals surface area contributed by atoms with Crippen LogP contribution in [-0.2, 0) is 0 Å². The molecule has 0 radical (unpaired) electrons. The number of benzene rings is 1. The van der Waals surface area contributed by atoms with Gasteiger partial charge in [-0.1, -0.05) is 12.1 Å². The van der Waals surface area contributed by atoms with Crippen LogP contribution in [0.25, 0.3) is 0 Å². The van der Waals surface area contributed by atoms with Gasteiger partial charge in [-0.25, -0.2) is 4.39 Å². The zero-order chi connectivity index (χ0) is 14.5. The fourth-order valence-electron chi connectivity index (χ4n) is 2.84. The van der Waals surface area contributed by atoms with Crippen molar-refractivity contribution >= 4 is 0 Å². The third kappa shape index (κ3) is 4.27. The van der Waals surface area contributed by atoms with Crippen molar-refractivity contribution in [2.45, 2.75) is 31.3 Å². The summed E-state index contributed by atoms with van der Waals surface area (Å²) in [6.45, 7) is 3.35. The maximum atomic E-state index is 12.9. The number of likely N-dealkylation sites (tertiary alicyclic amines) is 1. The van der Waals surface area contributed by atoms with Crippen molar-refractivity contribution in [2.24, 2.45) is 5.73 Å². The Balaban J connectivity index is 1.77. The first-order chi connectivity index (χ1) is 9.56. The summed E-state index contributed by atoms with van der Waals surface area (Å²) in [5, 5.41) is 0. The predicted molar refractivity (Wildman–Crippen MR) is 81.1 cm³/mol. The standard InChI is InChI=1S/C16H26FN3/c1-19-10-7-15(8-11-19)20(2)12-9-16(18)13-3-5-14(17)6-4-13/h3-6,15-16H,7-12,18H2,1-2H3. The molecule has 1 saturated heterocycles. The van der Waals surface area contributed by atoms with Crippen LogP contribution in [-0.4, -0.2) is 49.6 Å². The third-order valence-electron chi connectivity index (χ3n) is 4.40. The van der Waals surface area contributed by atoms with Crippen molar-refractivity contribution in [3.8, 4) is 0 Å². The van der Waals surface area contributed by atoms with Crippen LogP contribution in [0.1, 0.15) is 30.9 Å². The summed E-state index contributed by atoms with van der Waals surface area (Å²) in [5.41, 5.74) is 7.20.